The predicted molar refractivity (Wildman–Crippen MR) is 47.1 cm³/mol. The molecule has 1 fully saturated rings. The molecule has 0 bridgehead atoms. The zero-order chi connectivity index (χ0) is 10.6. The highest BCUT2D eigenvalue weighted by molar-refractivity contribution is 5.20. The van der Waals surface area contributed by atoms with Crippen LogP contribution in [0.5, 0.6) is 0 Å². The maximum absolute atomic E-state index is 9.61. The molecule has 0 saturated carbocycles. The number of hydrogen-bond donors (Lipinski definition) is 2. The van der Waals surface area contributed by atoms with E-state index in [2.05, 4.69) is 0 Å². The van der Waals surface area contributed by atoms with Crippen LogP contribution in [0.1, 0.15) is 6.42 Å². The minimum absolute atomic E-state index is 0.302. The number of nitriles is 1. The molecule has 0 aromatic carbocycles. The summed E-state index contributed by atoms with van der Waals surface area (Å²) in [6.07, 6.45) is -0.529. The van der Waals surface area contributed by atoms with Gasteiger partial charge in [0.15, 0.2) is 6.29 Å². The van der Waals surface area contributed by atoms with Crippen LogP contribution >= 0.6 is 0 Å². The minimum atomic E-state index is -0.925. The maximum atomic E-state index is 9.61. The van der Waals surface area contributed by atoms with Gasteiger partial charge >= 0.3 is 0 Å². The molecule has 1 aliphatic heterocycles. The van der Waals surface area contributed by atoms with E-state index < -0.39 is 18.5 Å². The first-order valence-electron chi connectivity index (χ1n) is 4.28. The molecule has 3 atom stereocenters. The molecule has 5 nitrogen and oxygen atoms in total. The first-order valence-corrected chi connectivity index (χ1v) is 4.28. The summed E-state index contributed by atoms with van der Waals surface area (Å²) in [7, 11) is 1.47. The molecule has 0 unspecified atom stereocenters. The standard InChI is InChI=1S/C9H13NO4/c1-13-8-4-6(2-3-10)9(12)7(5-11)14-8/h2,7-9,11-12H,4-5H2,1H3/b6-2+/t7-,8+,9+/m1/s1. The molecule has 1 heterocycles. The van der Waals surface area contributed by atoms with E-state index in [9.17, 15) is 5.11 Å². The highest BCUT2D eigenvalue weighted by Gasteiger charge is 2.33. The van der Waals surface area contributed by atoms with Crippen molar-refractivity contribution in [3.63, 3.8) is 0 Å². The van der Waals surface area contributed by atoms with Crippen LogP contribution in [0, 0.1) is 11.3 Å². The number of aliphatic hydroxyl groups excluding tert-OH is 2. The molecule has 78 valence electrons. The van der Waals surface area contributed by atoms with Crippen molar-refractivity contribution < 1.29 is 19.7 Å². The van der Waals surface area contributed by atoms with Crippen molar-refractivity contribution in [3.05, 3.63) is 11.6 Å². The van der Waals surface area contributed by atoms with Gasteiger partial charge in [-0.1, -0.05) is 0 Å². The zero-order valence-electron chi connectivity index (χ0n) is 7.88. The molecular weight excluding hydrogens is 186 g/mol. The normalized spacial score (nSPS) is 35.6. The van der Waals surface area contributed by atoms with Gasteiger partial charge in [-0.05, 0) is 5.57 Å². The molecule has 0 amide bonds. The van der Waals surface area contributed by atoms with Crippen molar-refractivity contribution in [2.75, 3.05) is 13.7 Å². The second-order valence-electron chi connectivity index (χ2n) is 3.02. The van der Waals surface area contributed by atoms with Crippen molar-refractivity contribution in [1.29, 1.82) is 5.26 Å². The van der Waals surface area contributed by atoms with Gasteiger partial charge < -0.3 is 19.7 Å². The Bertz CT molecular complexity index is 258. The van der Waals surface area contributed by atoms with E-state index in [0.29, 0.717) is 12.0 Å². The Kier molecular flexibility index (Phi) is 4.04. The fourth-order valence-electron chi connectivity index (χ4n) is 1.38. The number of rotatable bonds is 2. The van der Waals surface area contributed by atoms with E-state index in [0.717, 1.165) is 0 Å². The van der Waals surface area contributed by atoms with Gasteiger partial charge in [0, 0.05) is 19.6 Å². The molecule has 1 saturated heterocycles. The van der Waals surface area contributed by atoms with E-state index >= 15 is 0 Å². The van der Waals surface area contributed by atoms with Crippen LogP contribution in [0.15, 0.2) is 11.6 Å². The van der Waals surface area contributed by atoms with Gasteiger partial charge in [-0.2, -0.15) is 5.26 Å². The van der Waals surface area contributed by atoms with Crippen LogP contribution < -0.4 is 0 Å². The minimum Gasteiger partial charge on any atom is -0.394 e. The van der Waals surface area contributed by atoms with Crippen LogP contribution in [0.25, 0.3) is 0 Å². The summed E-state index contributed by atoms with van der Waals surface area (Å²) in [4.78, 5) is 0. The van der Waals surface area contributed by atoms with Crippen LogP contribution in [0.2, 0.25) is 0 Å². The summed E-state index contributed by atoms with van der Waals surface area (Å²) in [5.74, 6) is 0. The maximum Gasteiger partial charge on any atom is 0.161 e. The van der Waals surface area contributed by atoms with Crippen molar-refractivity contribution in [2.24, 2.45) is 0 Å². The smallest absolute Gasteiger partial charge is 0.161 e. The molecule has 2 N–H and O–H groups in total. The van der Waals surface area contributed by atoms with Crippen molar-refractivity contribution in [2.45, 2.75) is 24.9 Å². The number of methoxy groups -OCH3 is 1. The molecule has 14 heavy (non-hydrogen) atoms. The van der Waals surface area contributed by atoms with Crippen LogP contribution in [-0.4, -0.2) is 42.4 Å². The third-order valence-corrected chi connectivity index (χ3v) is 2.15. The van der Waals surface area contributed by atoms with Gasteiger partial charge in [0.05, 0.1) is 12.7 Å². The van der Waals surface area contributed by atoms with Gasteiger partial charge in [-0.3, -0.25) is 0 Å². The largest absolute Gasteiger partial charge is 0.394 e. The van der Waals surface area contributed by atoms with Crippen LogP contribution in [-0.2, 0) is 9.47 Å². The Labute approximate surface area is 82.2 Å². The van der Waals surface area contributed by atoms with Gasteiger partial charge in [-0.15, -0.1) is 0 Å². The van der Waals surface area contributed by atoms with Gasteiger partial charge in [-0.25, -0.2) is 0 Å². The molecule has 0 spiro atoms. The van der Waals surface area contributed by atoms with Crippen LogP contribution in [0.3, 0.4) is 0 Å². The van der Waals surface area contributed by atoms with Gasteiger partial charge in [0.1, 0.15) is 12.2 Å². The SMILES string of the molecule is CO[C@@H]1C/C(=C\C#N)[C@H](O)[C@@H](CO)O1. The fourth-order valence-corrected chi connectivity index (χ4v) is 1.38. The Hall–Kier alpha value is -0.930. The monoisotopic (exact) mass is 199 g/mol. The van der Waals surface area contributed by atoms with Crippen molar-refractivity contribution >= 4 is 0 Å². The lowest BCUT2D eigenvalue weighted by Gasteiger charge is -2.33. The lowest BCUT2D eigenvalue weighted by Crippen LogP contribution is -2.43. The quantitative estimate of drug-likeness (QED) is 0.588. The summed E-state index contributed by atoms with van der Waals surface area (Å²) in [6, 6.07) is 1.84. The van der Waals surface area contributed by atoms with E-state index in [1.54, 1.807) is 0 Å². The molecular formula is C9H13NO4. The van der Waals surface area contributed by atoms with E-state index in [1.807, 2.05) is 6.07 Å². The number of ether oxygens (including phenoxy) is 2. The van der Waals surface area contributed by atoms with Crippen molar-refractivity contribution in [3.8, 4) is 6.07 Å². The van der Waals surface area contributed by atoms with E-state index in [-0.39, 0.29) is 6.61 Å². The number of hydrogen-bond acceptors (Lipinski definition) is 5. The third kappa shape index (κ3) is 2.30. The topological polar surface area (TPSA) is 82.7 Å². The van der Waals surface area contributed by atoms with Crippen molar-refractivity contribution in [1.82, 2.24) is 0 Å². The lowest BCUT2D eigenvalue weighted by molar-refractivity contribution is -0.202. The average Bonchev–Trinajstić information content (AvgIpc) is 2.21. The summed E-state index contributed by atoms with van der Waals surface area (Å²) in [5, 5.41) is 27.0. The van der Waals surface area contributed by atoms with Gasteiger partial charge in [0.25, 0.3) is 0 Å². The Morgan fingerprint density at radius 3 is 3.00 bits per heavy atom. The third-order valence-electron chi connectivity index (χ3n) is 2.15. The Morgan fingerprint density at radius 2 is 2.50 bits per heavy atom. The lowest BCUT2D eigenvalue weighted by atomic mass is 9.98. The summed E-state index contributed by atoms with van der Waals surface area (Å²) < 4.78 is 10.2. The second-order valence-corrected chi connectivity index (χ2v) is 3.02. The van der Waals surface area contributed by atoms with E-state index in [1.165, 1.54) is 13.2 Å². The summed E-state index contributed by atoms with van der Waals surface area (Å²) in [6.45, 7) is -0.302. The summed E-state index contributed by atoms with van der Waals surface area (Å²) >= 11 is 0. The molecule has 0 aromatic heterocycles. The molecule has 1 rings (SSSR count). The molecule has 0 aromatic rings. The van der Waals surface area contributed by atoms with E-state index in [4.69, 9.17) is 19.8 Å². The number of aliphatic hydroxyl groups is 2. The molecule has 0 aliphatic carbocycles. The van der Waals surface area contributed by atoms with Gasteiger partial charge in [0.2, 0.25) is 0 Å². The zero-order valence-corrected chi connectivity index (χ0v) is 7.88. The fraction of sp³-hybridized carbons (Fsp3) is 0.667. The second kappa shape index (κ2) is 5.08. The highest BCUT2D eigenvalue weighted by atomic mass is 16.7. The summed E-state index contributed by atoms with van der Waals surface area (Å²) in [5.41, 5.74) is 0.532. The molecule has 5 heteroatoms. The number of allylic oxidation sites excluding steroid dienone is 1. The number of nitrogens with zero attached hydrogens (tertiary/aromatic N) is 1. The molecule has 1 aliphatic rings. The Balaban J connectivity index is 2.77. The molecule has 0 radical (unpaired) electrons. The highest BCUT2D eigenvalue weighted by Crippen LogP contribution is 2.24. The first kappa shape index (κ1) is 11.1. The Morgan fingerprint density at radius 1 is 1.79 bits per heavy atom. The predicted octanol–water partition coefficient (Wildman–Crippen LogP) is -0.449. The first-order chi connectivity index (χ1) is 6.72. The van der Waals surface area contributed by atoms with Crippen LogP contribution in [0.4, 0.5) is 0 Å². The average molecular weight is 199 g/mol.